The summed E-state index contributed by atoms with van der Waals surface area (Å²) in [6.07, 6.45) is 0.956. The van der Waals surface area contributed by atoms with Gasteiger partial charge < -0.3 is 5.32 Å². The average Bonchev–Trinajstić information content (AvgIpc) is 3.31. The lowest BCUT2D eigenvalue weighted by atomic mass is 9.95. The maximum atomic E-state index is 13.2. The fourth-order valence-electron chi connectivity index (χ4n) is 3.53. The van der Waals surface area contributed by atoms with Crippen LogP contribution in [0.2, 0.25) is 0 Å². The number of thiazole rings is 1. The van der Waals surface area contributed by atoms with Crippen LogP contribution >= 0.6 is 11.3 Å². The van der Waals surface area contributed by atoms with Gasteiger partial charge in [0.05, 0.1) is 17.2 Å². The van der Waals surface area contributed by atoms with Crippen LogP contribution in [0.15, 0.2) is 89.8 Å². The largest absolute Gasteiger partial charge is 0.301 e. The molecule has 0 unspecified atom stereocenters. The molecule has 1 aromatic heterocycles. The molecule has 1 N–H and O–H groups in total. The second-order valence-electron chi connectivity index (χ2n) is 7.45. The maximum Gasteiger partial charge on any atom is 0.154 e. The van der Waals surface area contributed by atoms with E-state index < -0.39 is 0 Å². The van der Waals surface area contributed by atoms with Gasteiger partial charge in [-0.1, -0.05) is 66.7 Å². The highest BCUT2D eigenvalue weighted by Crippen LogP contribution is 2.21. The molecule has 1 atom stereocenters. The molecule has 3 nitrogen and oxygen atoms in total. The molecule has 0 saturated heterocycles. The van der Waals surface area contributed by atoms with Gasteiger partial charge in [-0.3, -0.25) is 4.79 Å². The lowest BCUT2D eigenvalue weighted by Crippen LogP contribution is -2.39. The van der Waals surface area contributed by atoms with Gasteiger partial charge in [0.25, 0.3) is 0 Å². The highest BCUT2D eigenvalue weighted by atomic mass is 32.1. The minimum atomic E-state index is -0.307. The number of nitrogens with zero attached hydrogens (tertiary/aromatic N) is 1. The van der Waals surface area contributed by atoms with Crippen molar-refractivity contribution < 1.29 is 9.18 Å². The summed E-state index contributed by atoms with van der Waals surface area (Å²) in [5.74, 6) is -0.125. The first-order valence-corrected chi connectivity index (χ1v) is 11.1. The summed E-state index contributed by atoms with van der Waals surface area (Å²) in [6, 6.07) is 24.0. The standard InChI is InChI=1S/C26H23FN2OS/c27-23-11-9-21(10-12-23)22-8-4-7-20(13-22)15-26(30)25(14-19-5-2-1-3-6-19)28-16-24-17-31-18-29-24/h1-13,17-18,25,28H,14-16H2/t25-/m0/s1. The third-order valence-electron chi connectivity index (χ3n) is 5.17. The number of hydrogen-bond donors (Lipinski definition) is 1. The van der Waals surface area contributed by atoms with Crippen molar-refractivity contribution in [3.63, 3.8) is 0 Å². The van der Waals surface area contributed by atoms with E-state index in [1.807, 2.05) is 60.0 Å². The second-order valence-corrected chi connectivity index (χ2v) is 8.17. The number of aromatic nitrogens is 1. The first kappa shape index (κ1) is 21.1. The van der Waals surface area contributed by atoms with Gasteiger partial charge in [0.1, 0.15) is 5.82 Å². The fraction of sp³-hybridized carbons (Fsp3) is 0.154. The molecule has 0 saturated carbocycles. The zero-order valence-electron chi connectivity index (χ0n) is 17.0. The molecule has 4 rings (SSSR count). The van der Waals surface area contributed by atoms with Gasteiger partial charge in [-0.15, -0.1) is 11.3 Å². The van der Waals surface area contributed by atoms with Crippen LogP contribution in [0, 0.1) is 5.82 Å². The highest BCUT2D eigenvalue weighted by molar-refractivity contribution is 7.07. The van der Waals surface area contributed by atoms with E-state index in [9.17, 15) is 9.18 Å². The number of rotatable bonds is 9. The minimum absolute atomic E-state index is 0.135. The van der Waals surface area contributed by atoms with Crippen LogP contribution in [0.3, 0.4) is 0 Å². The summed E-state index contributed by atoms with van der Waals surface area (Å²) in [6.45, 7) is 0.558. The van der Waals surface area contributed by atoms with Crippen LogP contribution in [-0.2, 0) is 24.2 Å². The Kier molecular flexibility index (Phi) is 6.97. The number of hydrogen-bond acceptors (Lipinski definition) is 4. The van der Waals surface area contributed by atoms with Crippen molar-refractivity contribution in [2.45, 2.75) is 25.4 Å². The molecule has 31 heavy (non-hydrogen) atoms. The molecule has 0 aliphatic heterocycles. The van der Waals surface area contributed by atoms with E-state index in [0.717, 1.165) is 27.9 Å². The van der Waals surface area contributed by atoms with Crippen LogP contribution in [0.1, 0.15) is 16.8 Å². The zero-order chi connectivity index (χ0) is 21.5. The van der Waals surface area contributed by atoms with E-state index in [-0.39, 0.29) is 17.6 Å². The van der Waals surface area contributed by atoms with Crippen molar-refractivity contribution in [1.82, 2.24) is 10.3 Å². The Morgan fingerprint density at radius 3 is 2.45 bits per heavy atom. The summed E-state index contributed by atoms with van der Waals surface area (Å²) in [5, 5.41) is 5.39. The zero-order valence-corrected chi connectivity index (χ0v) is 17.8. The molecule has 0 radical (unpaired) electrons. The van der Waals surface area contributed by atoms with Crippen molar-refractivity contribution >= 4 is 17.1 Å². The van der Waals surface area contributed by atoms with E-state index in [4.69, 9.17) is 0 Å². The Hall–Kier alpha value is -3.15. The number of ketones is 1. The van der Waals surface area contributed by atoms with Crippen LogP contribution in [0.4, 0.5) is 4.39 Å². The van der Waals surface area contributed by atoms with E-state index >= 15 is 0 Å². The normalized spacial score (nSPS) is 11.9. The summed E-state index contributed by atoms with van der Waals surface area (Å²) in [4.78, 5) is 17.5. The lowest BCUT2D eigenvalue weighted by Gasteiger charge is -2.18. The molecule has 4 aromatic rings. The highest BCUT2D eigenvalue weighted by Gasteiger charge is 2.19. The van der Waals surface area contributed by atoms with Crippen molar-refractivity contribution in [3.8, 4) is 11.1 Å². The van der Waals surface area contributed by atoms with E-state index in [2.05, 4.69) is 10.3 Å². The minimum Gasteiger partial charge on any atom is -0.301 e. The van der Waals surface area contributed by atoms with E-state index in [1.54, 1.807) is 29.0 Å². The molecular weight excluding hydrogens is 407 g/mol. The molecule has 1 heterocycles. The van der Waals surface area contributed by atoms with Crippen molar-refractivity contribution in [1.29, 1.82) is 0 Å². The predicted molar refractivity (Wildman–Crippen MR) is 123 cm³/mol. The molecule has 0 aliphatic carbocycles. The molecule has 0 fully saturated rings. The molecule has 0 bridgehead atoms. The quantitative estimate of drug-likeness (QED) is 0.383. The molecule has 3 aromatic carbocycles. The Labute approximate surface area is 185 Å². The van der Waals surface area contributed by atoms with E-state index in [1.165, 1.54) is 12.1 Å². The Bertz CT molecular complexity index is 1110. The number of benzene rings is 3. The molecular formula is C26H23FN2OS. The van der Waals surface area contributed by atoms with Crippen LogP contribution < -0.4 is 5.32 Å². The SMILES string of the molecule is O=C(Cc1cccc(-c2ccc(F)cc2)c1)[C@H](Cc1ccccc1)NCc1cscn1. The molecule has 156 valence electrons. The third kappa shape index (κ3) is 5.94. The Balaban J connectivity index is 1.49. The average molecular weight is 431 g/mol. The summed E-state index contributed by atoms with van der Waals surface area (Å²) in [5.41, 5.74) is 6.70. The Morgan fingerprint density at radius 1 is 0.935 bits per heavy atom. The van der Waals surface area contributed by atoms with Crippen LogP contribution in [0.5, 0.6) is 0 Å². The fourth-order valence-corrected chi connectivity index (χ4v) is 4.09. The predicted octanol–water partition coefficient (Wildman–Crippen LogP) is 5.46. The number of halogens is 1. The first-order chi connectivity index (χ1) is 15.2. The van der Waals surface area contributed by atoms with Gasteiger partial charge in [-0.2, -0.15) is 0 Å². The third-order valence-corrected chi connectivity index (χ3v) is 5.80. The molecule has 0 amide bonds. The van der Waals surface area contributed by atoms with E-state index in [0.29, 0.717) is 19.4 Å². The molecule has 0 aliphatic rings. The van der Waals surface area contributed by atoms with Gasteiger partial charge in [-0.25, -0.2) is 9.37 Å². The number of nitrogens with one attached hydrogen (secondary N) is 1. The van der Waals surface area contributed by atoms with Crippen molar-refractivity contribution in [2.24, 2.45) is 0 Å². The van der Waals surface area contributed by atoms with Crippen molar-refractivity contribution in [2.75, 3.05) is 0 Å². The number of Topliss-reactive ketones (excluding diaryl/α,β-unsaturated/α-hetero) is 1. The van der Waals surface area contributed by atoms with Gasteiger partial charge in [0.15, 0.2) is 5.78 Å². The number of carbonyl (C=O) groups excluding carboxylic acids is 1. The van der Waals surface area contributed by atoms with Crippen LogP contribution in [-0.4, -0.2) is 16.8 Å². The van der Waals surface area contributed by atoms with Gasteiger partial charge in [-0.05, 0) is 40.8 Å². The van der Waals surface area contributed by atoms with Crippen molar-refractivity contribution in [3.05, 3.63) is 112 Å². The van der Waals surface area contributed by atoms with Crippen LogP contribution in [0.25, 0.3) is 11.1 Å². The maximum absolute atomic E-state index is 13.2. The summed E-state index contributed by atoms with van der Waals surface area (Å²) < 4.78 is 13.2. The summed E-state index contributed by atoms with van der Waals surface area (Å²) >= 11 is 1.55. The number of carbonyl (C=O) groups is 1. The van der Waals surface area contributed by atoms with Gasteiger partial charge in [0.2, 0.25) is 0 Å². The Morgan fingerprint density at radius 2 is 1.71 bits per heavy atom. The lowest BCUT2D eigenvalue weighted by molar-refractivity contribution is -0.120. The first-order valence-electron chi connectivity index (χ1n) is 10.2. The smallest absolute Gasteiger partial charge is 0.154 e. The summed E-state index contributed by atoms with van der Waals surface area (Å²) in [7, 11) is 0. The van der Waals surface area contributed by atoms with Gasteiger partial charge in [0, 0.05) is 18.3 Å². The molecule has 5 heteroatoms. The molecule has 0 spiro atoms. The second kappa shape index (κ2) is 10.2. The van der Waals surface area contributed by atoms with Gasteiger partial charge >= 0.3 is 0 Å². The monoisotopic (exact) mass is 430 g/mol. The topological polar surface area (TPSA) is 42.0 Å².